The summed E-state index contributed by atoms with van der Waals surface area (Å²) in [6.45, 7) is 10.9. The number of likely N-dealkylation sites (tertiary alicyclic amines) is 1. The highest BCUT2D eigenvalue weighted by molar-refractivity contribution is 14.0. The summed E-state index contributed by atoms with van der Waals surface area (Å²) in [6, 6.07) is 1.05. The first kappa shape index (κ1) is 22.0. The zero-order valence-electron chi connectivity index (χ0n) is 15.6. The molecule has 1 saturated carbocycles. The Hall–Kier alpha value is -0.0800. The molecule has 0 spiro atoms. The van der Waals surface area contributed by atoms with Gasteiger partial charge in [0.15, 0.2) is 5.96 Å². The van der Waals surface area contributed by atoms with Crippen LogP contribution in [0.15, 0.2) is 4.99 Å². The number of aliphatic imine (C=N–C) groups is 1. The molecule has 142 valence electrons. The van der Waals surface area contributed by atoms with Crippen molar-refractivity contribution in [2.24, 2.45) is 10.9 Å². The smallest absolute Gasteiger partial charge is 0.191 e. The molecule has 1 saturated heterocycles. The molecule has 2 aliphatic rings. The summed E-state index contributed by atoms with van der Waals surface area (Å²) in [7, 11) is 0. The Balaban J connectivity index is 0.00000288. The van der Waals surface area contributed by atoms with Crippen LogP contribution in [0.25, 0.3) is 0 Å². The third-order valence-corrected chi connectivity index (χ3v) is 4.94. The first-order valence-corrected chi connectivity index (χ1v) is 9.55. The maximum Gasteiger partial charge on any atom is 0.191 e. The van der Waals surface area contributed by atoms with Gasteiger partial charge in [-0.25, -0.2) is 0 Å². The standard InChI is InChI=1S/C18H36N4O.HI/c1-4-19-18(21-15-7-9-17(23)10-8-15)20-12-16-6-5-11-22(16)13-14(2)3;/h14-17,23H,4-13H2,1-3H3,(H2,19,20,21);1H/t15?,16-,17?;/m1./s1. The summed E-state index contributed by atoms with van der Waals surface area (Å²) in [5.41, 5.74) is 0. The van der Waals surface area contributed by atoms with Crippen LogP contribution >= 0.6 is 24.0 Å². The number of rotatable bonds is 6. The van der Waals surface area contributed by atoms with E-state index in [9.17, 15) is 5.11 Å². The average molecular weight is 452 g/mol. The predicted molar refractivity (Wildman–Crippen MR) is 112 cm³/mol. The van der Waals surface area contributed by atoms with Crippen molar-refractivity contribution < 1.29 is 5.11 Å². The zero-order chi connectivity index (χ0) is 16.7. The molecule has 1 aliphatic carbocycles. The Morgan fingerprint density at radius 2 is 1.92 bits per heavy atom. The molecule has 0 unspecified atom stereocenters. The summed E-state index contributed by atoms with van der Waals surface area (Å²) in [5.74, 6) is 1.67. The molecule has 24 heavy (non-hydrogen) atoms. The van der Waals surface area contributed by atoms with Crippen LogP contribution < -0.4 is 10.6 Å². The van der Waals surface area contributed by atoms with Gasteiger partial charge in [-0.05, 0) is 57.9 Å². The van der Waals surface area contributed by atoms with E-state index >= 15 is 0 Å². The van der Waals surface area contributed by atoms with Gasteiger partial charge in [0.2, 0.25) is 0 Å². The Bertz CT molecular complexity index is 370. The van der Waals surface area contributed by atoms with Crippen LogP contribution in [0, 0.1) is 5.92 Å². The van der Waals surface area contributed by atoms with Crippen molar-refractivity contribution in [1.82, 2.24) is 15.5 Å². The van der Waals surface area contributed by atoms with Crippen LogP contribution in [-0.4, -0.2) is 60.3 Å². The van der Waals surface area contributed by atoms with Crippen LogP contribution in [-0.2, 0) is 0 Å². The van der Waals surface area contributed by atoms with Crippen molar-refractivity contribution in [3.8, 4) is 0 Å². The van der Waals surface area contributed by atoms with E-state index < -0.39 is 0 Å². The molecule has 1 atom stereocenters. The minimum absolute atomic E-state index is 0. The van der Waals surface area contributed by atoms with E-state index in [1.807, 2.05) is 0 Å². The molecule has 1 aliphatic heterocycles. The van der Waals surface area contributed by atoms with Gasteiger partial charge in [-0.3, -0.25) is 9.89 Å². The molecule has 1 heterocycles. The number of guanidine groups is 1. The Morgan fingerprint density at radius 1 is 1.21 bits per heavy atom. The lowest BCUT2D eigenvalue weighted by molar-refractivity contribution is 0.120. The molecule has 0 bridgehead atoms. The number of nitrogens with zero attached hydrogens (tertiary/aromatic N) is 2. The van der Waals surface area contributed by atoms with Gasteiger partial charge in [-0.15, -0.1) is 24.0 Å². The fraction of sp³-hybridized carbons (Fsp3) is 0.944. The zero-order valence-corrected chi connectivity index (χ0v) is 18.0. The lowest BCUT2D eigenvalue weighted by Gasteiger charge is -2.28. The Kier molecular flexibility index (Phi) is 10.5. The number of halogens is 1. The summed E-state index contributed by atoms with van der Waals surface area (Å²) in [6.07, 6.45) is 6.35. The van der Waals surface area contributed by atoms with E-state index in [1.54, 1.807) is 0 Å². The molecule has 0 aromatic carbocycles. The third kappa shape index (κ3) is 7.44. The van der Waals surface area contributed by atoms with E-state index in [2.05, 4.69) is 36.3 Å². The highest BCUT2D eigenvalue weighted by atomic mass is 127. The maximum atomic E-state index is 9.63. The van der Waals surface area contributed by atoms with Crippen LogP contribution in [0.5, 0.6) is 0 Å². The lowest BCUT2D eigenvalue weighted by Crippen LogP contribution is -2.46. The normalized spacial score (nSPS) is 28.7. The fourth-order valence-corrected chi connectivity index (χ4v) is 3.74. The van der Waals surface area contributed by atoms with E-state index in [1.165, 1.54) is 25.9 Å². The molecule has 6 heteroatoms. The van der Waals surface area contributed by atoms with Gasteiger partial charge in [-0.2, -0.15) is 0 Å². The molecule has 0 aromatic rings. The average Bonchev–Trinajstić information content (AvgIpc) is 2.94. The van der Waals surface area contributed by atoms with Crippen molar-refractivity contribution in [1.29, 1.82) is 0 Å². The maximum absolute atomic E-state index is 9.63. The number of hydrogen-bond acceptors (Lipinski definition) is 3. The van der Waals surface area contributed by atoms with Gasteiger partial charge in [0.05, 0.1) is 12.6 Å². The fourth-order valence-electron chi connectivity index (χ4n) is 3.74. The quantitative estimate of drug-likeness (QED) is 0.330. The second-order valence-corrected chi connectivity index (χ2v) is 7.55. The molecule has 5 nitrogen and oxygen atoms in total. The monoisotopic (exact) mass is 452 g/mol. The highest BCUT2D eigenvalue weighted by Gasteiger charge is 2.25. The first-order chi connectivity index (χ1) is 11.1. The second kappa shape index (κ2) is 11.5. The van der Waals surface area contributed by atoms with Gasteiger partial charge in [0.25, 0.3) is 0 Å². The summed E-state index contributed by atoms with van der Waals surface area (Å²) in [4.78, 5) is 7.46. The number of aliphatic hydroxyl groups excluding tert-OH is 1. The van der Waals surface area contributed by atoms with E-state index in [4.69, 9.17) is 4.99 Å². The summed E-state index contributed by atoms with van der Waals surface area (Å²) < 4.78 is 0. The van der Waals surface area contributed by atoms with E-state index in [-0.39, 0.29) is 30.1 Å². The predicted octanol–water partition coefficient (Wildman–Crippen LogP) is 2.58. The number of hydrogen-bond donors (Lipinski definition) is 3. The van der Waals surface area contributed by atoms with E-state index in [0.29, 0.717) is 12.1 Å². The largest absolute Gasteiger partial charge is 0.393 e. The Labute approximate surface area is 165 Å². The number of nitrogens with one attached hydrogen (secondary N) is 2. The minimum Gasteiger partial charge on any atom is -0.393 e. The lowest BCUT2D eigenvalue weighted by atomic mass is 9.93. The molecule has 2 fully saturated rings. The SMILES string of the molecule is CCNC(=NC[C@H]1CCCN1CC(C)C)NC1CCC(O)CC1.I. The van der Waals surface area contributed by atoms with Crippen LogP contribution in [0.2, 0.25) is 0 Å². The third-order valence-electron chi connectivity index (χ3n) is 4.94. The summed E-state index contributed by atoms with van der Waals surface area (Å²) in [5, 5.41) is 16.6. The van der Waals surface area contributed by atoms with Gasteiger partial charge in [0, 0.05) is 25.2 Å². The molecule has 0 radical (unpaired) electrons. The number of aliphatic hydroxyl groups is 1. The van der Waals surface area contributed by atoms with Crippen molar-refractivity contribution in [2.75, 3.05) is 26.2 Å². The molecule has 2 rings (SSSR count). The van der Waals surface area contributed by atoms with Gasteiger partial charge < -0.3 is 15.7 Å². The Morgan fingerprint density at radius 3 is 2.54 bits per heavy atom. The molecular formula is C18H37IN4O. The first-order valence-electron chi connectivity index (χ1n) is 9.55. The van der Waals surface area contributed by atoms with Gasteiger partial charge in [-0.1, -0.05) is 13.8 Å². The molecule has 3 N–H and O–H groups in total. The van der Waals surface area contributed by atoms with Crippen LogP contribution in [0.3, 0.4) is 0 Å². The van der Waals surface area contributed by atoms with E-state index in [0.717, 1.165) is 50.7 Å². The van der Waals surface area contributed by atoms with Crippen molar-refractivity contribution in [2.45, 2.75) is 77.5 Å². The highest BCUT2D eigenvalue weighted by Crippen LogP contribution is 2.20. The van der Waals surface area contributed by atoms with Crippen LogP contribution in [0.4, 0.5) is 0 Å². The molecule has 0 amide bonds. The van der Waals surface area contributed by atoms with Crippen molar-refractivity contribution >= 4 is 29.9 Å². The molecule has 0 aromatic heterocycles. The van der Waals surface area contributed by atoms with Gasteiger partial charge in [0.1, 0.15) is 0 Å². The summed E-state index contributed by atoms with van der Waals surface area (Å²) >= 11 is 0. The topological polar surface area (TPSA) is 59.9 Å². The molecular weight excluding hydrogens is 415 g/mol. The second-order valence-electron chi connectivity index (χ2n) is 7.55. The van der Waals surface area contributed by atoms with Crippen LogP contribution in [0.1, 0.15) is 59.3 Å². The van der Waals surface area contributed by atoms with Crippen molar-refractivity contribution in [3.63, 3.8) is 0 Å². The minimum atomic E-state index is -0.101. The van der Waals surface area contributed by atoms with Gasteiger partial charge >= 0.3 is 0 Å². The van der Waals surface area contributed by atoms with Crippen molar-refractivity contribution in [3.05, 3.63) is 0 Å².